The fourth-order valence-electron chi connectivity index (χ4n) is 2.91. The van der Waals surface area contributed by atoms with E-state index in [-0.39, 0.29) is 5.82 Å². The molecule has 1 aliphatic rings. The lowest BCUT2D eigenvalue weighted by Crippen LogP contribution is -2.43. The van der Waals surface area contributed by atoms with Gasteiger partial charge in [0, 0.05) is 33.2 Å². The molecule has 0 atom stereocenters. The van der Waals surface area contributed by atoms with Crippen molar-refractivity contribution in [3.8, 4) is 0 Å². The lowest BCUT2D eigenvalue weighted by molar-refractivity contribution is 0.275. The standard InChI is InChI=1S/C17H27FN4O2S/c1-13-10-15(4-5-16(13)18)12-21-17(19-2)20-11-14-6-8-22(9-7-14)25(3,23)24/h4-5,10,14H,6-9,11-12H2,1-3H3,(H2,19,20,21). The molecule has 0 spiro atoms. The van der Waals surface area contributed by atoms with Gasteiger partial charge in [-0.2, -0.15) is 0 Å². The predicted octanol–water partition coefficient (Wildman–Crippen LogP) is 1.47. The van der Waals surface area contributed by atoms with Crippen LogP contribution in [0.4, 0.5) is 4.39 Å². The summed E-state index contributed by atoms with van der Waals surface area (Å²) in [5.41, 5.74) is 1.61. The summed E-state index contributed by atoms with van der Waals surface area (Å²) in [5, 5.41) is 6.50. The Balaban J connectivity index is 1.76. The Morgan fingerprint density at radius 1 is 1.32 bits per heavy atom. The minimum atomic E-state index is -3.08. The van der Waals surface area contributed by atoms with Gasteiger partial charge in [-0.15, -0.1) is 0 Å². The van der Waals surface area contributed by atoms with E-state index in [1.165, 1.54) is 16.6 Å². The average Bonchev–Trinajstić information content (AvgIpc) is 2.57. The van der Waals surface area contributed by atoms with E-state index >= 15 is 0 Å². The van der Waals surface area contributed by atoms with Crippen molar-refractivity contribution >= 4 is 16.0 Å². The van der Waals surface area contributed by atoms with Gasteiger partial charge in [-0.3, -0.25) is 4.99 Å². The van der Waals surface area contributed by atoms with Crippen molar-refractivity contribution in [3.05, 3.63) is 35.1 Å². The minimum Gasteiger partial charge on any atom is -0.356 e. The molecule has 0 amide bonds. The third-order valence-corrected chi connectivity index (χ3v) is 5.81. The maximum atomic E-state index is 13.3. The summed E-state index contributed by atoms with van der Waals surface area (Å²) in [7, 11) is -1.38. The maximum absolute atomic E-state index is 13.3. The number of benzene rings is 1. The van der Waals surface area contributed by atoms with E-state index in [2.05, 4.69) is 15.6 Å². The molecule has 1 fully saturated rings. The molecule has 0 aromatic heterocycles. The van der Waals surface area contributed by atoms with Crippen LogP contribution in [0, 0.1) is 18.7 Å². The lowest BCUT2D eigenvalue weighted by atomic mass is 9.98. The van der Waals surface area contributed by atoms with E-state index in [4.69, 9.17) is 0 Å². The molecule has 0 unspecified atom stereocenters. The number of halogens is 1. The number of sulfonamides is 1. The van der Waals surface area contributed by atoms with Crippen LogP contribution in [0.3, 0.4) is 0 Å². The molecule has 1 saturated heterocycles. The van der Waals surface area contributed by atoms with Crippen molar-refractivity contribution in [3.63, 3.8) is 0 Å². The SMILES string of the molecule is CN=C(NCc1ccc(F)c(C)c1)NCC1CCN(S(C)(=O)=O)CC1. The molecule has 1 aromatic carbocycles. The Labute approximate surface area is 149 Å². The van der Waals surface area contributed by atoms with Crippen LogP contribution in [0.2, 0.25) is 0 Å². The summed E-state index contributed by atoms with van der Waals surface area (Å²) in [5.74, 6) is 0.906. The normalized spacial score (nSPS) is 17.5. The number of guanidine groups is 1. The number of hydrogen-bond acceptors (Lipinski definition) is 3. The van der Waals surface area contributed by atoms with Gasteiger partial charge in [0.25, 0.3) is 0 Å². The van der Waals surface area contributed by atoms with Gasteiger partial charge in [-0.05, 0) is 42.9 Å². The van der Waals surface area contributed by atoms with E-state index in [0.717, 1.165) is 24.9 Å². The number of nitrogens with zero attached hydrogens (tertiary/aromatic N) is 2. The molecule has 1 aromatic rings. The monoisotopic (exact) mass is 370 g/mol. The predicted molar refractivity (Wildman–Crippen MR) is 98.5 cm³/mol. The van der Waals surface area contributed by atoms with Crippen LogP contribution in [-0.4, -0.2) is 51.6 Å². The number of rotatable bonds is 5. The highest BCUT2D eigenvalue weighted by Crippen LogP contribution is 2.18. The molecule has 140 valence electrons. The molecular formula is C17H27FN4O2S. The van der Waals surface area contributed by atoms with Crippen molar-refractivity contribution in [2.45, 2.75) is 26.3 Å². The molecular weight excluding hydrogens is 343 g/mol. The molecule has 6 nitrogen and oxygen atoms in total. The summed E-state index contributed by atoms with van der Waals surface area (Å²) in [6.45, 7) is 4.21. The first kappa shape index (κ1) is 19.7. The van der Waals surface area contributed by atoms with Gasteiger partial charge >= 0.3 is 0 Å². The number of aryl methyl sites for hydroxylation is 1. The molecule has 8 heteroatoms. The second-order valence-electron chi connectivity index (χ2n) is 6.50. The van der Waals surface area contributed by atoms with Gasteiger partial charge in [-0.25, -0.2) is 17.1 Å². The van der Waals surface area contributed by atoms with Crippen molar-refractivity contribution < 1.29 is 12.8 Å². The van der Waals surface area contributed by atoms with Crippen molar-refractivity contribution in [1.29, 1.82) is 0 Å². The smallest absolute Gasteiger partial charge is 0.211 e. The van der Waals surface area contributed by atoms with Crippen LogP contribution in [0.5, 0.6) is 0 Å². The fraction of sp³-hybridized carbons (Fsp3) is 0.588. The number of nitrogens with one attached hydrogen (secondary N) is 2. The molecule has 0 bridgehead atoms. The molecule has 1 aliphatic heterocycles. The Kier molecular flexibility index (Phi) is 6.78. The van der Waals surface area contributed by atoms with Crippen LogP contribution in [0.1, 0.15) is 24.0 Å². The van der Waals surface area contributed by atoms with Crippen LogP contribution in [-0.2, 0) is 16.6 Å². The summed E-state index contributed by atoms with van der Waals surface area (Å²) in [6, 6.07) is 5.04. The lowest BCUT2D eigenvalue weighted by Gasteiger charge is -2.30. The quantitative estimate of drug-likeness (QED) is 0.608. The van der Waals surface area contributed by atoms with Crippen LogP contribution in [0.15, 0.2) is 23.2 Å². The number of aliphatic imine (C=N–C) groups is 1. The van der Waals surface area contributed by atoms with Gasteiger partial charge in [0.05, 0.1) is 6.26 Å². The maximum Gasteiger partial charge on any atom is 0.211 e. The van der Waals surface area contributed by atoms with Crippen LogP contribution < -0.4 is 10.6 Å². The first-order valence-electron chi connectivity index (χ1n) is 8.44. The van der Waals surface area contributed by atoms with Gasteiger partial charge in [0.2, 0.25) is 10.0 Å². The molecule has 2 rings (SSSR count). The fourth-order valence-corrected chi connectivity index (χ4v) is 3.78. The first-order chi connectivity index (χ1) is 11.8. The second kappa shape index (κ2) is 8.62. The molecule has 0 radical (unpaired) electrons. The Morgan fingerprint density at radius 3 is 2.56 bits per heavy atom. The average molecular weight is 370 g/mol. The summed E-state index contributed by atoms with van der Waals surface area (Å²) < 4.78 is 37.9. The summed E-state index contributed by atoms with van der Waals surface area (Å²) >= 11 is 0. The van der Waals surface area contributed by atoms with E-state index in [1.807, 2.05) is 6.07 Å². The van der Waals surface area contributed by atoms with Gasteiger partial charge < -0.3 is 10.6 Å². The highest BCUT2D eigenvalue weighted by Gasteiger charge is 2.24. The molecule has 2 N–H and O–H groups in total. The molecule has 25 heavy (non-hydrogen) atoms. The number of hydrogen-bond donors (Lipinski definition) is 2. The van der Waals surface area contributed by atoms with Crippen LogP contribution in [0.25, 0.3) is 0 Å². The van der Waals surface area contributed by atoms with E-state index < -0.39 is 10.0 Å². The largest absolute Gasteiger partial charge is 0.356 e. The number of piperidine rings is 1. The van der Waals surface area contributed by atoms with E-state index in [0.29, 0.717) is 37.1 Å². The second-order valence-corrected chi connectivity index (χ2v) is 8.48. The zero-order valence-corrected chi connectivity index (χ0v) is 15.9. The highest BCUT2D eigenvalue weighted by atomic mass is 32.2. The van der Waals surface area contributed by atoms with Crippen molar-refractivity contribution in [2.75, 3.05) is 32.9 Å². The molecule has 1 heterocycles. The van der Waals surface area contributed by atoms with Gasteiger partial charge in [-0.1, -0.05) is 12.1 Å². The van der Waals surface area contributed by atoms with E-state index in [9.17, 15) is 12.8 Å². The van der Waals surface area contributed by atoms with Crippen LogP contribution >= 0.6 is 0 Å². The summed E-state index contributed by atoms with van der Waals surface area (Å²) in [6.07, 6.45) is 2.94. The zero-order valence-electron chi connectivity index (χ0n) is 15.0. The zero-order chi connectivity index (χ0) is 18.4. The summed E-state index contributed by atoms with van der Waals surface area (Å²) in [4.78, 5) is 4.20. The van der Waals surface area contributed by atoms with E-state index in [1.54, 1.807) is 20.0 Å². The third-order valence-electron chi connectivity index (χ3n) is 4.51. The minimum absolute atomic E-state index is 0.202. The molecule has 0 saturated carbocycles. The van der Waals surface area contributed by atoms with Crippen molar-refractivity contribution in [1.82, 2.24) is 14.9 Å². The Morgan fingerprint density at radius 2 is 2.00 bits per heavy atom. The van der Waals surface area contributed by atoms with Gasteiger partial charge in [0.15, 0.2) is 5.96 Å². The Hall–Kier alpha value is -1.67. The molecule has 0 aliphatic carbocycles. The van der Waals surface area contributed by atoms with Gasteiger partial charge in [0.1, 0.15) is 5.82 Å². The first-order valence-corrected chi connectivity index (χ1v) is 10.3. The third kappa shape index (κ3) is 5.97. The van der Waals surface area contributed by atoms with Crippen molar-refractivity contribution in [2.24, 2.45) is 10.9 Å². The topological polar surface area (TPSA) is 73.8 Å². The highest BCUT2D eigenvalue weighted by molar-refractivity contribution is 7.88. The Bertz CT molecular complexity index is 713.